The molecule has 0 aliphatic carbocycles. The highest BCUT2D eigenvalue weighted by molar-refractivity contribution is 6.33. The van der Waals surface area contributed by atoms with Gasteiger partial charge in [0.1, 0.15) is 0 Å². The monoisotopic (exact) mass is 385 g/mol. The van der Waals surface area contributed by atoms with Crippen molar-refractivity contribution in [2.45, 2.75) is 6.42 Å². The van der Waals surface area contributed by atoms with Crippen molar-refractivity contribution in [1.82, 2.24) is 24.9 Å². The van der Waals surface area contributed by atoms with Crippen LogP contribution in [0.5, 0.6) is 0 Å². The van der Waals surface area contributed by atoms with Gasteiger partial charge in [0.15, 0.2) is 0 Å². The molecular weight excluding hydrogens is 373 g/mol. The zero-order valence-corrected chi connectivity index (χ0v) is 14.6. The van der Waals surface area contributed by atoms with Crippen molar-refractivity contribution in [3.8, 4) is 0 Å². The first-order chi connectivity index (χ1) is 11.6. The fourth-order valence-corrected chi connectivity index (χ4v) is 2.19. The number of nitrogens with zero attached hydrogens (tertiary/aromatic N) is 4. The summed E-state index contributed by atoms with van der Waals surface area (Å²) in [6.45, 7) is 0.683. The highest BCUT2D eigenvalue weighted by atomic mass is 35.5. The van der Waals surface area contributed by atoms with Gasteiger partial charge in [0.05, 0.1) is 17.0 Å². The molecule has 0 amide bonds. The predicted molar refractivity (Wildman–Crippen MR) is 95.9 cm³/mol. The summed E-state index contributed by atoms with van der Waals surface area (Å²) in [5, 5.41) is 3.49. The van der Waals surface area contributed by atoms with Crippen LogP contribution in [0.1, 0.15) is 5.69 Å². The fourth-order valence-electron chi connectivity index (χ4n) is 1.64. The number of para-hydroxylation sites is 1. The molecule has 1 aromatic carbocycles. The van der Waals surface area contributed by atoms with Crippen molar-refractivity contribution in [3.63, 3.8) is 0 Å². The van der Waals surface area contributed by atoms with Crippen LogP contribution in [0.3, 0.4) is 0 Å². The highest BCUT2D eigenvalue weighted by Crippen LogP contribution is 2.23. The van der Waals surface area contributed by atoms with Crippen molar-refractivity contribution in [1.29, 1.82) is 0 Å². The van der Waals surface area contributed by atoms with E-state index in [1.165, 1.54) is 0 Å². The van der Waals surface area contributed by atoms with Crippen LogP contribution in [0, 0.1) is 0 Å². The molecule has 0 unspecified atom stereocenters. The van der Waals surface area contributed by atoms with Gasteiger partial charge >= 0.3 is 0 Å². The Hall–Kier alpha value is -1.93. The van der Waals surface area contributed by atoms with Crippen molar-refractivity contribution in [2.75, 3.05) is 11.9 Å². The topological polar surface area (TPSA) is 105 Å². The molecule has 0 atom stereocenters. The minimum atomic E-state index is 0.0227. The standard InChI is InChI=1S/C9H5Cl3N4.C5H9N3/c10-5-3-1-2-4-6(5)13-9-15-7(11)14-8(12)16-9;6-2-1-5-3-7-4-8-5/h1-4H,(H,13,14,15,16);3-4H,1-2,6H2,(H,7,8). The van der Waals surface area contributed by atoms with E-state index in [1.54, 1.807) is 24.7 Å². The SMILES string of the molecule is Clc1nc(Cl)nc(Nc2ccccc2Cl)n1.NCCc1cnc[nH]1. The number of nitrogens with one attached hydrogen (secondary N) is 2. The molecule has 0 bridgehead atoms. The van der Waals surface area contributed by atoms with E-state index in [2.05, 4.69) is 30.2 Å². The molecule has 0 aliphatic heterocycles. The Kier molecular flexibility index (Phi) is 7.20. The van der Waals surface area contributed by atoms with Crippen LogP contribution < -0.4 is 11.1 Å². The molecule has 3 rings (SSSR count). The largest absolute Gasteiger partial charge is 0.348 e. The van der Waals surface area contributed by atoms with Crippen molar-refractivity contribution in [2.24, 2.45) is 5.73 Å². The van der Waals surface area contributed by atoms with Gasteiger partial charge in [0.25, 0.3) is 0 Å². The normalized spacial score (nSPS) is 10.0. The molecule has 10 heteroatoms. The summed E-state index contributed by atoms with van der Waals surface area (Å²) in [7, 11) is 0. The second-order valence-electron chi connectivity index (χ2n) is 4.42. The number of hydrogen-bond acceptors (Lipinski definition) is 6. The molecule has 0 spiro atoms. The quantitative estimate of drug-likeness (QED) is 0.634. The Morgan fingerprint density at radius 3 is 2.33 bits per heavy atom. The number of nitrogens with two attached hydrogens (primary N) is 1. The van der Waals surface area contributed by atoms with Crippen LogP contribution in [-0.2, 0) is 6.42 Å². The Morgan fingerprint density at radius 1 is 1.04 bits per heavy atom. The Balaban J connectivity index is 0.000000219. The molecule has 0 fully saturated rings. The lowest BCUT2D eigenvalue weighted by molar-refractivity contribution is 0.935. The number of rotatable bonds is 4. The zero-order valence-electron chi connectivity index (χ0n) is 12.4. The van der Waals surface area contributed by atoms with Gasteiger partial charge in [0.2, 0.25) is 16.5 Å². The van der Waals surface area contributed by atoms with Crippen LogP contribution >= 0.6 is 34.8 Å². The summed E-state index contributed by atoms with van der Waals surface area (Å²) in [6.07, 6.45) is 4.33. The van der Waals surface area contributed by atoms with Gasteiger partial charge in [-0.05, 0) is 41.9 Å². The zero-order chi connectivity index (χ0) is 17.4. The average molecular weight is 387 g/mol. The Morgan fingerprint density at radius 2 is 1.75 bits per heavy atom. The molecule has 7 nitrogen and oxygen atoms in total. The molecule has 0 saturated carbocycles. The van der Waals surface area contributed by atoms with Gasteiger partial charge in [-0.1, -0.05) is 23.7 Å². The number of anilines is 2. The van der Waals surface area contributed by atoms with Gasteiger partial charge < -0.3 is 16.0 Å². The van der Waals surface area contributed by atoms with Crippen LogP contribution in [-0.4, -0.2) is 31.5 Å². The predicted octanol–water partition coefficient (Wildman–Crippen LogP) is 3.49. The maximum Gasteiger partial charge on any atom is 0.232 e. The van der Waals surface area contributed by atoms with E-state index in [4.69, 9.17) is 40.5 Å². The number of hydrogen-bond donors (Lipinski definition) is 3. The smallest absolute Gasteiger partial charge is 0.232 e. The van der Waals surface area contributed by atoms with Crippen LogP contribution in [0.4, 0.5) is 11.6 Å². The maximum atomic E-state index is 5.95. The first kappa shape index (κ1) is 18.4. The third-order valence-electron chi connectivity index (χ3n) is 2.67. The summed E-state index contributed by atoms with van der Waals surface area (Å²) >= 11 is 17.2. The van der Waals surface area contributed by atoms with Crippen molar-refractivity contribution in [3.05, 3.63) is 58.1 Å². The van der Waals surface area contributed by atoms with Gasteiger partial charge in [-0.25, -0.2) is 4.98 Å². The molecule has 24 heavy (non-hydrogen) atoms. The van der Waals surface area contributed by atoms with E-state index in [0.29, 0.717) is 17.3 Å². The fraction of sp³-hybridized carbons (Fsp3) is 0.143. The number of benzene rings is 1. The highest BCUT2D eigenvalue weighted by Gasteiger charge is 2.05. The first-order valence-corrected chi connectivity index (χ1v) is 7.98. The lowest BCUT2D eigenvalue weighted by Gasteiger charge is -2.06. The molecule has 2 aromatic heterocycles. The minimum absolute atomic E-state index is 0.0227. The van der Waals surface area contributed by atoms with Crippen LogP contribution in [0.25, 0.3) is 0 Å². The number of imidazole rings is 1. The average Bonchev–Trinajstić information content (AvgIpc) is 3.03. The number of aromatic amines is 1. The summed E-state index contributed by atoms with van der Waals surface area (Å²) in [5.41, 5.74) is 7.05. The van der Waals surface area contributed by atoms with Gasteiger partial charge in [-0.3, -0.25) is 0 Å². The second kappa shape index (κ2) is 9.39. The molecule has 0 saturated heterocycles. The third-order valence-corrected chi connectivity index (χ3v) is 3.34. The van der Waals surface area contributed by atoms with E-state index in [0.717, 1.165) is 12.1 Å². The number of H-pyrrole nitrogens is 1. The molecule has 2 heterocycles. The first-order valence-electron chi connectivity index (χ1n) is 6.84. The van der Waals surface area contributed by atoms with Gasteiger partial charge in [0, 0.05) is 18.3 Å². The van der Waals surface area contributed by atoms with Crippen molar-refractivity contribution >= 4 is 46.4 Å². The summed E-state index contributed by atoms with van der Waals surface area (Å²) in [5.74, 6) is 0.248. The summed E-state index contributed by atoms with van der Waals surface area (Å²) in [6, 6.07) is 7.18. The molecule has 0 aliphatic rings. The second-order valence-corrected chi connectivity index (χ2v) is 5.50. The number of halogens is 3. The maximum absolute atomic E-state index is 5.95. The summed E-state index contributed by atoms with van der Waals surface area (Å²) < 4.78 is 0. The minimum Gasteiger partial charge on any atom is -0.348 e. The van der Waals surface area contributed by atoms with Gasteiger partial charge in [-0.15, -0.1) is 0 Å². The van der Waals surface area contributed by atoms with Gasteiger partial charge in [-0.2, -0.15) is 15.0 Å². The lowest BCUT2D eigenvalue weighted by Crippen LogP contribution is -2.02. The number of aromatic nitrogens is 5. The molecule has 4 N–H and O–H groups in total. The van der Waals surface area contributed by atoms with E-state index >= 15 is 0 Å². The molecular formula is C14H14Cl3N7. The molecule has 3 aromatic rings. The Labute approximate surface area is 153 Å². The van der Waals surface area contributed by atoms with Crippen molar-refractivity contribution < 1.29 is 0 Å². The van der Waals surface area contributed by atoms with E-state index < -0.39 is 0 Å². The molecule has 0 radical (unpaired) electrons. The third kappa shape index (κ3) is 5.93. The van der Waals surface area contributed by atoms with E-state index in [-0.39, 0.29) is 16.5 Å². The Bertz CT molecular complexity index is 745. The van der Waals surface area contributed by atoms with E-state index in [9.17, 15) is 0 Å². The van der Waals surface area contributed by atoms with Crippen LogP contribution in [0.15, 0.2) is 36.8 Å². The lowest BCUT2D eigenvalue weighted by atomic mass is 10.3. The molecule has 126 valence electrons. The van der Waals surface area contributed by atoms with Crippen LogP contribution in [0.2, 0.25) is 15.6 Å². The van der Waals surface area contributed by atoms with E-state index in [1.807, 2.05) is 12.1 Å². The summed E-state index contributed by atoms with van der Waals surface area (Å²) in [4.78, 5) is 18.1.